The van der Waals surface area contributed by atoms with Crippen LogP contribution in [-0.2, 0) is 9.53 Å². The fourth-order valence-corrected chi connectivity index (χ4v) is 5.50. The number of methoxy groups -OCH3 is 1. The Morgan fingerprint density at radius 3 is 2.97 bits per heavy atom. The molecular formula is C18H19N7O4S. The number of imidazole rings is 1. The molecule has 0 aromatic carbocycles. The van der Waals surface area contributed by atoms with Gasteiger partial charge in [0.05, 0.1) is 36.4 Å². The lowest BCUT2D eigenvalue weighted by atomic mass is 10.4. The lowest BCUT2D eigenvalue weighted by Crippen LogP contribution is -2.13. The van der Waals surface area contributed by atoms with Crippen LogP contribution in [0.4, 0.5) is 5.82 Å². The van der Waals surface area contributed by atoms with Crippen LogP contribution in [0.3, 0.4) is 0 Å². The molecule has 1 aliphatic carbocycles. The smallest absolute Gasteiger partial charge is 0.343 e. The summed E-state index contributed by atoms with van der Waals surface area (Å²) in [6.45, 7) is -0.215. The number of aliphatic hydroxyl groups is 1. The van der Waals surface area contributed by atoms with Crippen LogP contribution in [0.15, 0.2) is 42.0 Å². The molecule has 5 rings (SSSR count). The maximum atomic E-state index is 11.1. The number of hydrogen-bond acceptors (Lipinski definition) is 9. The third kappa shape index (κ3) is 3.44. The van der Waals surface area contributed by atoms with Gasteiger partial charge in [0.2, 0.25) is 5.88 Å². The van der Waals surface area contributed by atoms with Crippen LogP contribution in [0.25, 0.3) is 5.69 Å². The van der Waals surface area contributed by atoms with Crippen LogP contribution in [0, 0.1) is 5.92 Å². The van der Waals surface area contributed by atoms with Crippen molar-refractivity contribution in [2.45, 2.75) is 18.3 Å². The third-order valence-corrected chi connectivity index (χ3v) is 7.23. The molecule has 3 aromatic heterocycles. The number of aromatic nitrogens is 6. The van der Waals surface area contributed by atoms with E-state index >= 15 is 0 Å². The van der Waals surface area contributed by atoms with Crippen LogP contribution in [0.2, 0.25) is 0 Å². The molecule has 1 aliphatic heterocycles. The summed E-state index contributed by atoms with van der Waals surface area (Å²) in [6, 6.07) is 3.35. The molecule has 30 heavy (non-hydrogen) atoms. The Morgan fingerprint density at radius 1 is 1.37 bits per heavy atom. The Balaban J connectivity index is 1.33. The van der Waals surface area contributed by atoms with Crippen molar-refractivity contribution in [1.29, 1.82) is 0 Å². The number of nitrogens with zero attached hydrogens (tertiary/aromatic N) is 7. The van der Waals surface area contributed by atoms with Crippen molar-refractivity contribution in [3.63, 3.8) is 0 Å². The number of carbonyl (C=O) groups is 1. The topological polar surface area (TPSA) is 130 Å². The normalized spacial score (nSPS) is 19.8. The summed E-state index contributed by atoms with van der Waals surface area (Å²) in [5.41, 5.74) is 0.270. The number of ether oxygens (including phenoxy) is 2. The minimum atomic E-state index is -1.11. The van der Waals surface area contributed by atoms with Crippen molar-refractivity contribution in [2.75, 3.05) is 13.7 Å². The van der Waals surface area contributed by atoms with Crippen molar-refractivity contribution < 1.29 is 19.4 Å². The molecule has 156 valence electrons. The first-order valence-electron chi connectivity index (χ1n) is 9.31. The number of fused-ring (bicyclic) bond motifs is 1. The number of aliphatic imine (C=N–C) groups is 1. The highest BCUT2D eigenvalue weighted by molar-refractivity contribution is 8.29. The number of esters is 1. The quantitative estimate of drug-likeness (QED) is 0.425. The van der Waals surface area contributed by atoms with Gasteiger partial charge in [-0.1, -0.05) is 16.3 Å². The lowest BCUT2D eigenvalue weighted by Gasteiger charge is -2.24. The van der Waals surface area contributed by atoms with Gasteiger partial charge < -0.3 is 14.6 Å². The van der Waals surface area contributed by atoms with Gasteiger partial charge in [-0.2, -0.15) is 0 Å². The van der Waals surface area contributed by atoms with E-state index in [9.17, 15) is 9.90 Å². The minimum absolute atomic E-state index is 0.215. The summed E-state index contributed by atoms with van der Waals surface area (Å²) < 4.78 is 13.2. The number of rotatable bonds is 7. The van der Waals surface area contributed by atoms with Gasteiger partial charge in [-0.15, -0.1) is 5.10 Å². The summed E-state index contributed by atoms with van der Waals surface area (Å²) in [6.07, 6.45) is 8.85. The molecule has 2 aliphatic rings. The van der Waals surface area contributed by atoms with Gasteiger partial charge >= 0.3 is 5.97 Å². The molecular weight excluding hydrogens is 410 g/mol. The summed E-state index contributed by atoms with van der Waals surface area (Å²) >= 11 is -1.11. The largest absolute Gasteiger partial charge is 0.466 e. The molecule has 0 spiro atoms. The first-order chi connectivity index (χ1) is 14.6. The predicted octanol–water partition coefficient (Wildman–Crippen LogP) is 1.32. The average molecular weight is 429 g/mol. The molecule has 1 N–H and O–H groups in total. The molecule has 2 atom stereocenters. The average Bonchev–Trinajstić information content (AvgIpc) is 3.16. The lowest BCUT2D eigenvalue weighted by molar-refractivity contribution is -0.143. The molecule has 12 heteroatoms. The number of thiol groups is 1. The molecule has 1 saturated carbocycles. The molecule has 1 fully saturated rings. The molecule has 0 saturated heterocycles. The zero-order valence-electron chi connectivity index (χ0n) is 16.0. The molecule has 0 bridgehead atoms. The SMILES string of the molecule is COC(=O)COc1ccc(-n2cc(C(O)[SH]3C(C4CC4)=Nc4cncn43)nn2)cn1. The Kier molecular flexibility index (Phi) is 4.71. The van der Waals surface area contributed by atoms with Crippen molar-refractivity contribution in [1.82, 2.24) is 28.9 Å². The van der Waals surface area contributed by atoms with Gasteiger partial charge in [-0.25, -0.2) is 24.4 Å². The molecule has 0 radical (unpaired) electrons. The number of carbonyl (C=O) groups excluding carboxylic acids is 1. The van der Waals surface area contributed by atoms with Crippen molar-refractivity contribution in [2.24, 2.45) is 10.9 Å². The summed E-state index contributed by atoms with van der Waals surface area (Å²) in [7, 11) is 1.29. The van der Waals surface area contributed by atoms with E-state index in [-0.39, 0.29) is 12.5 Å². The van der Waals surface area contributed by atoms with E-state index in [2.05, 4.69) is 30.0 Å². The van der Waals surface area contributed by atoms with Gasteiger partial charge in [-0.3, -0.25) is 3.97 Å². The number of hydrogen-bond donors (Lipinski definition) is 2. The molecule has 3 aromatic rings. The van der Waals surface area contributed by atoms with E-state index in [0.29, 0.717) is 17.3 Å². The van der Waals surface area contributed by atoms with E-state index in [1.165, 1.54) is 11.8 Å². The zero-order valence-corrected chi connectivity index (χ0v) is 16.9. The Bertz CT molecular complexity index is 1110. The molecule has 0 amide bonds. The zero-order chi connectivity index (χ0) is 20.7. The standard InChI is InChI=1S/C18H19N7O4S/c1-28-16(26)9-29-15-5-4-12(6-20-15)24-8-13(22-23-24)18(27)30-17(11-2-3-11)21-14-7-19-10-25(14)30/h4-8,10-11,18,27,30H,2-3,9H2,1H3. The van der Waals surface area contributed by atoms with Gasteiger partial charge in [0.1, 0.15) is 17.5 Å². The predicted molar refractivity (Wildman–Crippen MR) is 108 cm³/mol. The van der Waals surface area contributed by atoms with E-state index in [4.69, 9.17) is 4.74 Å². The van der Waals surface area contributed by atoms with Crippen LogP contribution < -0.4 is 4.74 Å². The second-order valence-corrected chi connectivity index (χ2v) is 8.93. The van der Waals surface area contributed by atoms with Crippen molar-refractivity contribution >= 4 is 27.9 Å². The fourth-order valence-electron chi connectivity index (χ4n) is 3.10. The number of pyridine rings is 1. The van der Waals surface area contributed by atoms with Crippen LogP contribution in [0.1, 0.15) is 24.0 Å². The summed E-state index contributed by atoms with van der Waals surface area (Å²) in [5, 5.41) is 20.4. The van der Waals surface area contributed by atoms with Gasteiger partial charge in [-0.05, 0) is 18.9 Å². The van der Waals surface area contributed by atoms with Crippen LogP contribution in [-0.4, -0.2) is 58.8 Å². The van der Waals surface area contributed by atoms with Gasteiger partial charge in [0.25, 0.3) is 0 Å². The molecule has 11 nitrogen and oxygen atoms in total. The fraction of sp³-hybridized carbons (Fsp3) is 0.333. The highest BCUT2D eigenvalue weighted by Gasteiger charge is 2.40. The first-order valence-corrected chi connectivity index (χ1v) is 10.7. The van der Waals surface area contributed by atoms with E-state index in [0.717, 1.165) is 23.7 Å². The second-order valence-electron chi connectivity index (χ2n) is 6.87. The highest BCUT2D eigenvalue weighted by Crippen LogP contribution is 2.55. The van der Waals surface area contributed by atoms with E-state index in [1.807, 2.05) is 3.97 Å². The summed E-state index contributed by atoms with van der Waals surface area (Å²) in [4.78, 5) is 24.1. The van der Waals surface area contributed by atoms with E-state index < -0.39 is 22.5 Å². The van der Waals surface area contributed by atoms with Crippen LogP contribution in [0.5, 0.6) is 5.88 Å². The highest BCUT2D eigenvalue weighted by atomic mass is 32.2. The van der Waals surface area contributed by atoms with Crippen molar-refractivity contribution in [3.8, 4) is 11.6 Å². The van der Waals surface area contributed by atoms with E-state index in [1.54, 1.807) is 37.1 Å². The molecule has 2 unspecified atom stereocenters. The second kappa shape index (κ2) is 7.54. The Labute approximate surface area is 173 Å². The molecule has 4 heterocycles. The monoisotopic (exact) mass is 429 g/mol. The maximum Gasteiger partial charge on any atom is 0.343 e. The van der Waals surface area contributed by atoms with Crippen molar-refractivity contribution in [3.05, 3.63) is 42.7 Å². The maximum absolute atomic E-state index is 11.1. The van der Waals surface area contributed by atoms with Gasteiger partial charge in [0, 0.05) is 12.0 Å². The minimum Gasteiger partial charge on any atom is -0.466 e. The summed E-state index contributed by atoms with van der Waals surface area (Å²) in [5.74, 6) is 1.01. The Morgan fingerprint density at radius 2 is 2.23 bits per heavy atom. The third-order valence-electron chi connectivity index (χ3n) is 4.80. The van der Waals surface area contributed by atoms with Gasteiger partial charge in [0.15, 0.2) is 12.4 Å². The number of aliphatic hydroxyl groups excluding tert-OH is 1. The Hall–Kier alpha value is -3.25. The first kappa shape index (κ1) is 18.8. The van der Waals surface area contributed by atoms with Crippen LogP contribution >= 0.6 is 11.1 Å².